The third kappa shape index (κ3) is 4.49. The van der Waals surface area contributed by atoms with Crippen LogP contribution in [0.5, 0.6) is 5.75 Å². The number of rotatable bonds is 8. The Morgan fingerprint density at radius 3 is 2.50 bits per heavy atom. The van der Waals surface area contributed by atoms with Crippen molar-refractivity contribution >= 4 is 29.6 Å². The summed E-state index contributed by atoms with van der Waals surface area (Å²) in [5, 5.41) is 0. The first-order chi connectivity index (χ1) is 13.1. The molecular weight excluding hydrogens is 360 g/mol. The van der Waals surface area contributed by atoms with Gasteiger partial charge in [-0.25, -0.2) is 4.98 Å². The van der Waals surface area contributed by atoms with Gasteiger partial charge in [0, 0.05) is 25.7 Å². The van der Waals surface area contributed by atoms with Crippen LogP contribution in [0.2, 0.25) is 0 Å². The Kier molecular flexibility index (Phi) is 6.43. The number of amides is 2. The highest BCUT2D eigenvalue weighted by molar-refractivity contribution is 5.89. The molecule has 2 rings (SSSR count). The molecule has 0 fully saturated rings. The Morgan fingerprint density at radius 1 is 1.29 bits per heavy atom. The van der Waals surface area contributed by atoms with Gasteiger partial charge in [0.15, 0.2) is 17.2 Å². The number of anilines is 1. The van der Waals surface area contributed by atoms with E-state index in [0.29, 0.717) is 35.7 Å². The monoisotopic (exact) mass is 388 g/mol. The number of pyridine rings is 1. The molecule has 2 amide bonds. The number of likely N-dealkylation sites (N-methyl/N-ethyl adjacent to an activating group) is 1. The van der Waals surface area contributed by atoms with Gasteiger partial charge in [0.05, 0.1) is 5.69 Å². The zero-order valence-electron chi connectivity index (χ0n) is 17.4. The fraction of sp³-hybridized carbons (Fsp3) is 0.500. The van der Waals surface area contributed by atoms with Crippen LogP contribution in [-0.4, -0.2) is 59.6 Å². The van der Waals surface area contributed by atoms with E-state index in [1.165, 1.54) is 9.80 Å². The molecule has 152 valence electrons. The quantitative estimate of drug-likeness (QED) is 0.645. The molecule has 2 aromatic rings. The van der Waals surface area contributed by atoms with Crippen LogP contribution >= 0.6 is 0 Å². The number of carbonyl (C=O) groups excluding carboxylic acids is 3. The van der Waals surface area contributed by atoms with Gasteiger partial charge in [0.2, 0.25) is 12.3 Å². The first kappa shape index (κ1) is 21.4. The van der Waals surface area contributed by atoms with E-state index in [-0.39, 0.29) is 24.8 Å². The highest BCUT2D eigenvalue weighted by Crippen LogP contribution is 2.28. The third-order valence-electron chi connectivity index (χ3n) is 4.39. The zero-order chi connectivity index (χ0) is 21.1. The molecular formula is C20H28N4O4. The number of aryl methyl sites for hydroxylation is 1. The number of aromatic nitrogens is 2. The second-order valence-electron chi connectivity index (χ2n) is 7.79. The number of carbonyl (C=O) groups is 3. The molecule has 0 atom stereocenters. The van der Waals surface area contributed by atoms with E-state index in [0.717, 1.165) is 0 Å². The van der Waals surface area contributed by atoms with Crippen molar-refractivity contribution in [1.29, 1.82) is 0 Å². The minimum Gasteiger partial charge on any atom is -0.482 e. The van der Waals surface area contributed by atoms with Crippen molar-refractivity contribution < 1.29 is 19.1 Å². The molecule has 2 aromatic heterocycles. The van der Waals surface area contributed by atoms with E-state index in [2.05, 4.69) is 4.98 Å². The van der Waals surface area contributed by atoms with Gasteiger partial charge in [-0.3, -0.25) is 23.7 Å². The fourth-order valence-electron chi connectivity index (χ4n) is 2.54. The summed E-state index contributed by atoms with van der Waals surface area (Å²) in [6.45, 7) is 7.28. The molecule has 0 saturated heterocycles. The first-order valence-electron chi connectivity index (χ1n) is 9.18. The summed E-state index contributed by atoms with van der Waals surface area (Å²) >= 11 is 0. The predicted octanol–water partition coefficient (Wildman–Crippen LogP) is 1.94. The molecule has 0 unspecified atom stereocenters. The molecule has 8 heteroatoms. The number of Topliss-reactive ketones (excluding diaryl/α,β-unsaturated/α-hetero) is 1. The lowest BCUT2D eigenvalue weighted by Crippen LogP contribution is -2.36. The molecule has 0 radical (unpaired) electrons. The van der Waals surface area contributed by atoms with Crippen LogP contribution in [0.1, 0.15) is 33.4 Å². The van der Waals surface area contributed by atoms with E-state index < -0.39 is 5.41 Å². The van der Waals surface area contributed by atoms with Crippen molar-refractivity contribution in [2.75, 3.05) is 32.1 Å². The van der Waals surface area contributed by atoms with Crippen LogP contribution in [0.3, 0.4) is 0 Å². The topological polar surface area (TPSA) is 84.2 Å². The number of nitrogens with zero attached hydrogens (tertiary/aromatic N) is 4. The van der Waals surface area contributed by atoms with Crippen molar-refractivity contribution in [3.8, 4) is 5.75 Å². The Bertz CT molecular complexity index is 880. The highest BCUT2D eigenvalue weighted by Gasteiger charge is 2.24. The van der Waals surface area contributed by atoms with Crippen molar-refractivity contribution in [3.05, 3.63) is 24.0 Å². The molecule has 0 aliphatic rings. The standard InChI is InChI=1S/C20H28N4O4/c1-7-14-19(23(13-25)11-17(27)22(5)6)24-10-8-9-15(18(24)21-14)28-12-16(26)20(2,3)4/h8-10,13H,7,11-12H2,1-6H3. The largest absolute Gasteiger partial charge is 0.482 e. The Labute approximate surface area is 165 Å². The molecule has 0 aromatic carbocycles. The molecule has 0 aliphatic heterocycles. The lowest BCUT2D eigenvalue weighted by Gasteiger charge is -2.20. The average molecular weight is 388 g/mol. The van der Waals surface area contributed by atoms with Gasteiger partial charge in [-0.15, -0.1) is 0 Å². The lowest BCUT2D eigenvalue weighted by atomic mass is 9.91. The maximum Gasteiger partial charge on any atom is 0.242 e. The zero-order valence-corrected chi connectivity index (χ0v) is 17.4. The Morgan fingerprint density at radius 2 is 1.96 bits per heavy atom. The second-order valence-corrected chi connectivity index (χ2v) is 7.79. The van der Waals surface area contributed by atoms with Crippen LogP contribution in [0, 0.1) is 5.41 Å². The molecule has 0 N–H and O–H groups in total. The Hall–Kier alpha value is -2.90. The Balaban J connectivity index is 2.44. The summed E-state index contributed by atoms with van der Waals surface area (Å²) < 4.78 is 7.45. The number of ether oxygens (including phenoxy) is 1. The van der Waals surface area contributed by atoms with Gasteiger partial charge in [-0.05, 0) is 18.6 Å². The number of imidazole rings is 1. The van der Waals surface area contributed by atoms with Gasteiger partial charge in [-0.1, -0.05) is 27.7 Å². The van der Waals surface area contributed by atoms with Crippen LogP contribution < -0.4 is 9.64 Å². The summed E-state index contributed by atoms with van der Waals surface area (Å²) in [6, 6.07) is 3.49. The van der Waals surface area contributed by atoms with Crippen LogP contribution in [-0.2, 0) is 20.8 Å². The summed E-state index contributed by atoms with van der Waals surface area (Å²) in [4.78, 5) is 43.4. The van der Waals surface area contributed by atoms with Gasteiger partial charge in [0.25, 0.3) is 0 Å². The van der Waals surface area contributed by atoms with E-state index in [4.69, 9.17) is 4.74 Å². The van der Waals surface area contributed by atoms with E-state index in [9.17, 15) is 14.4 Å². The van der Waals surface area contributed by atoms with Gasteiger partial charge in [-0.2, -0.15) is 0 Å². The molecule has 0 aliphatic carbocycles. The second kappa shape index (κ2) is 8.41. The maximum absolute atomic E-state index is 12.2. The van der Waals surface area contributed by atoms with Crippen LogP contribution in [0.15, 0.2) is 18.3 Å². The van der Waals surface area contributed by atoms with Crippen LogP contribution in [0.4, 0.5) is 5.82 Å². The summed E-state index contributed by atoms with van der Waals surface area (Å²) in [5.41, 5.74) is 0.665. The maximum atomic E-state index is 12.2. The molecule has 2 heterocycles. The molecule has 28 heavy (non-hydrogen) atoms. The summed E-state index contributed by atoms with van der Waals surface area (Å²) in [6.07, 6.45) is 2.95. The van der Waals surface area contributed by atoms with Crippen molar-refractivity contribution in [3.63, 3.8) is 0 Å². The normalized spacial score (nSPS) is 11.4. The smallest absolute Gasteiger partial charge is 0.242 e. The lowest BCUT2D eigenvalue weighted by molar-refractivity contribution is -0.128. The highest BCUT2D eigenvalue weighted by atomic mass is 16.5. The SMILES string of the molecule is CCc1nc2c(OCC(=O)C(C)(C)C)cccn2c1N(C=O)CC(=O)N(C)C. The molecule has 0 saturated carbocycles. The van der Waals surface area contributed by atoms with Gasteiger partial charge in [0.1, 0.15) is 19.0 Å². The number of hydrogen-bond donors (Lipinski definition) is 0. The van der Waals surface area contributed by atoms with E-state index >= 15 is 0 Å². The van der Waals surface area contributed by atoms with Crippen molar-refractivity contribution in [2.45, 2.75) is 34.1 Å². The fourth-order valence-corrected chi connectivity index (χ4v) is 2.54. The van der Waals surface area contributed by atoms with Gasteiger partial charge < -0.3 is 9.64 Å². The number of ketones is 1. The molecule has 8 nitrogen and oxygen atoms in total. The molecule has 0 bridgehead atoms. The summed E-state index contributed by atoms with van der Waals surface area (Å²) in [5.74, 6) is 0.747. The van der Waals surface area contributed by atoms with E-state index in [1.807, 2.05) is 27.7 Å². The predicted molar refractivity (Wildman–Crippen MR) is 107 cm³/mol. The first-order valence-corrected chi connectivity index (χ1v) is 9.18. The minimum atomic E-state index is -0.499. The average Bonchev–Trinajstić information content (AvgIpc) is 3.02. The number of fused-ring (bicyclic) bond motifs is 1. The van der Waals surface area contributed by atoms with Gasteiger partial charge >= 0.3 is 0 Å². The summed E-state index contributed by atoms with van der Waals surface area (Å²) in [7, 11) is 3.28. The molecule has 0 spiro atoms. The van der Waals surface area contributed by atoms with Crippen molar-refractivity contribution in [2.24, 2.45) is 5.41 Å². The van der Waals surface area contributed by atoms with E-state index in [1.54, 1.807) is 36.8 Å². The minimum absolute atomic E-state index is 0.0249. The number of hydrogen-bond acceptors (Lipinski definition) is 5. The van der Waals surface area contributed by atoms with Crippen molar-refractivity contribution in [1.82, 2.24) is 14.3 Å². The third-order valence-corrected chi connectivity index (χ3v) is 4.39. The van der Waals surface area contributed by atoms with Crippen LogP contribution in [0.25, 0.3) is 5.65 Å².